The lowest BCUT2D eigenvalue weighted by molar-refractivity contribution is -0.135. The molecule has 3 nitrogen and oxygen atoms in total. The summed E-state index contributed by atoms with van der Waals surface area (Å²) in [5.41, 5.74) is 0.00806. The minimum atomic E-state index is -0.608. The van der Waals surface area contributed by atoms with E-state index < -0.39 is 5.97 Å². The fraction of sp³-hybridized carbons (Fsp3) is 0.100. The van der Waals surface area contributed by atoms with E-state index in [0.29, 0.717) is 0 Å². The Morgan fingerprint density at radius 2 is 2.15 bits per heavy atom. The Bertz CT molecular complexity index is 257. The SMILES string of the molecule is COC(=O)/C(C#N)=C/[C]1[CH][CH][CH][CH]1. The van der Waals surface area contributed by atoms with Crippen LogP contribution in [0.3, 0.4) is 0 Å². The van der Waals surface area contributed by atoms with Gasteiger partial charge in [0.2, 0.25) is 0 Å². The van der Waals surface area contributed by atoms with Gasteiger partial charge in [-0.15, -0.1) is 0 Å². The maximum atomic E-state index is 11.0. The Balaban J connectivity index is 2.65. The Kier molecular flexibility index (Phi) is 3.51. The van der Waals surface area contributed by atoms with Gasteiger partial charge in [0.15, 0.2) is 0 Å². The quantitative estimate of drug-likeness (QED) is 0.356. The molecule has 0 saturated heterocycles. The minimum absolute atomic E-state index is 0.00806. The zero-order chi connectivity index (χ0) is 9.68. The molecule has 0 heterocycles. The Morgan fingerprint density at radius 1 is 1.54 bits per heavy atom. The lowest BCUT2D eigenvalue weighted by atomic mass is 10.0. The summed E-state index contributed by atoms with van der Waals surface area (Å²) < 4.78 is 4.42. The van der Waals surface area contributed by atoms with Crippen LogP contribution < -0.4 is 0 Å². The van der Waals surface area contributed by atoms with Crippen molar-refractivity contribution in [1.82, 2.24) is 0 Å². The third-order valence-corrected chi connectivity index (χ3v) is 1.53. The molecular formula is C10H8NO2. The van der Waals surface area contributed by atoms with E-state index >= 15 is 0 Å². The maximum absolute atomic E-state index is 11.0. The maximum Gasteiger partial charge on any atom is 0.348 e. The Morgan fingerprint density at radius 3 is 2.62 bits per heavy atom. The summed E-state index contributed by atoms with van der Waals surface area (Å²) in [6.45, 7) is 0. The highest BCUT2D eigenvalue weighted by Crippen LogP contribution is 2.25. The molecule has 0 bridgehead atoms. The predicted octanol–water partition coefficient (Wildman–Crippen LogP) is 1.01. The number of nitriles is 1. The Labute approximate surface area is 78.0 Å². The van der Waals surface area contributed by atoms with Crippen molar-refractivity contribution in [3.63, 3.8) is 0 Å². The van der Waals surface area contributed by atoms with Crippen molar-refractivity contribution in [2.75, 3.05) is 7.11 Å². The summed E-state index contributed by atoms with van der Waals surface area (Å²) in [5, 5.41) is 8.61. The van der Waals surface area contributed by atoms with Crippen LogP contribution in [0.25, 0.3) is 0 Å². The zero-order valence-electron chi connectivity index (χ0n) is 7.15. The lowest BCUT2D eigenvalue weighted by Crippen LogP contribution is -2.04. The highest BCUT2D eigenvalue weighted by atomic mass is 16.5. The van der Waals surface area contributed by atoms with Gasteiger partial charge >= 0.3 is 5.97 Å². The molecule has 1 rings (SSSR count). The molecule has 5 radical (unpaired) electrons. The van der Waals surface area contributed by atoms with E-state index in [1.807, 2.05) is 12.8 Å². The summed E-state index contributed by atoms with van der Waals surface area (Å²) in [5.74, 6) is 0.214. The number of methoxy groups -OCH3 is 1. The normalized spacial score (nSPS) is 18.3. The fourth-order valence-electron chi connectivity index (χ4n) is 0.899. The van der Waals surface area contributed by atoms with Crippen molar-refractivity contribution in [1.29, 1.82) is 5.26 Å². The fourth-order valence-corrected chi connectivity index (χ4v) is 0.899. The molecule has 3 heteroatoms. The van der Waals surface area contributed by atoms with E-state index in [-0.39, 0.29) is 5.57 Å². The second-order valence-electron chi connectivity index (χ2n) is 2.38. The van der Waals surface area contributed by atoms with Crippen LogP contribution in [0, 0.1) is 42.9 Å². The average Bonchev–Trinajstić information content (AvgIpc) is 2.65. The molecule has 0 atom stereocenters. The number of rotatable bonds is 2. The van der Waals surface area contributed by atoms with E-state index in [1.165, 1.54) is 13.2 Å². The van der Waals surface area contributed by atoms with Gasteiger partial charge < -0.3 is 4.74 Å². The number of hydrogen-bond acceptors (Lipinski definition) is 3. The van der Waals surface area contributed by atoms with Crippen molar-refractivity contribution >= 4 is 5.97 Å². The van der Waals surface area contributed by atoms with Gasteiger partial charge in [0, 0.05) is 5.92 Å². The molecule has 0 aliphatic heterocycles. The third-order valence-electron chi connectivity index (χ3n) is 1.53. The monoisotopic (exact) mass is 174 g/mol. The standard InChI is InChI=1S/C10H8NO2/c1-13-10(12)9(7-11)6-8-4-2-3-5-8/h2-6H,1H3/b9-6+. The number of ether oxygens (including phenoxy) is 1. The van der Waals surface area contributed by atoms with Gasteiger partial charge in [-0.25, -0.2) is 4.79 Å². The molecule has 13 heavy (non-hydrogen) atoms. The van der Waals surface area contributed by atoms with Crippen LogP contribution in [0.4, 0.5) is 0 Å². The molecule has 0 aromatic carbocycles. The molecule has 0 N–H and O–H groups in total. The lowest BCUT2D eigenvalue weighted by Gasteiger charge is -2.00. The van der Waals surface area contributed by atoms with Crippen molar-refractivity contribution in [2.24, 2.45) is 0 Å². The molecule has 1 aliphatic rings. The van der Waals surface area contributed by atoms with Crippen LogP contribution in [-0.2, 0) is 9.53 Å². The highest BCUT2D eigenvalue weighted by Gasteiger charge is 2.18. The van der Waals surface area contributed by atoms with Gasteiger partial charge in [0.1, 0.15) is 11.6 Å². The van der Waals surface area contributed by atoms with Gasteiger partial charge in [-0.3, -0.25) is 0 Å². The van der Waals surface area contributed by atoms with E-state index in [9.17, 15) is 4.79 Å². The minimum Gasteiger partial charge on any atom is -0.465 e. The van der Waals surface area contributed by atoms with Crippen molar-refractivity contribution in [3.8, 4) is 6.07 Å². The first-order valence-corrected chi connectivity index (χ1v) is 3.69. The first-order chi connectivity index (χ1) is 6.27. The number of nitrogens with zero attached hydrogens (tertiary/aromatic N) is 1. The van der Waals surface area contributed by atoms with Gasteiger partial charge in [0.25, 0.3) is 0 Å². The van der Waals surface area contributed by atoms with E-state index in [1.54, 1.807) is 18.9 Å². The van der Waals surface area contributed by atoms with Crippen LogP contribution in [0.15, 0.2) is 11.6 Å². The summed E-state index contributed by atoms with van der Waals surface area (Å²) in [6, 6.07) is 1.78. The molecule has 0 spiro atoms. The summed E-state index contributed by atoms with van der Waals surface area (Å²) >= 11 is 0. The molecular weight excluding hydrogens is 166 g/mol. The van der Waals surface area contributed by atoms with Crippen molar-refractivity contribution in [3.05, 3.63) is 43.3 Å². The average molecular weight is 174 g/mol. The predicted molar refractivity (Wildman–Crippen MR) is 46.2 cm³/mol. The van der Waals surface area contributed by atoms with E-state index in [4.69, 9.17) is 5.26 Å². The number of allylic oxidation sites excluding steroid dienone is 1. The second kappa shape index (κ2) is 4.66. The topological polar surface area (TPSA) is 50.1 Å². The number of hydrogen-bond donors (Lipinski definition) is 0. The first kappa shape index (κ1) is 9.79. The Hall–Kier alpha value is -1.30. The molecule has 65 valence electrons. The second-order valence-corrected chi connectivity index (χ2v) is 2.38. The first-order valence-electron chi connectivity index (χ1n) is 3.69. The van der Waals surface area contributed by atoms with Crippen LogP contribution in [0.5, 0.6) is 0 Å². The van der Waals surface area contributed by atoms with Crippen LogP contribution in [0.2, 0.25) is 0 Å². The summed E-state index contributed by atoms with van der Waals surface area (Å²) in [4.78, 5) is 11.0. The van der Waals surface area contributed by atoms with E-state index in [2.05, 4.69) is 4.74 Å². The van der Waals surface area contributed by atoms with Gasteiger partial charge in [-0.05, 0) is 25.7 Å². The molecule has 1 saturated carbocycles. The number of carbonyl (C=O) groups excluding carboxylic acids is 1. The summed E-state index contributed by atoms with van der Waals surface area (Å²) in [7, 11) is 1.25. The molecule has 0 aromatic rings. The number of esters is 1. The highest BCUT2D eigenvalue weighted by molar-refractivity contribution is 5.93. The van der Waals surface area contributed by atoms with E-state index in [0.717, 1.165) is 5.92 Å². The van der Waals surface area contributed by atoms with Crippen LogP contribution >= 0.6 is 0 Å². The third kappa shape index (κ3) is 2.59. The van der Waals surface area contributed by atoms with Crippen molar-refractivity contribution < 1.29 is 9.53 Å². The zero-order valence-corrected chi connectivity index (χ0v) is 7.15. The van der Waals surface area contributed by atoms with Gasteiger partial charge in [-0.1, -0.05) is 6.08 Å². The van der Waals surface area contributed by atoms with Crippen LogP contribution in [0.1, 0.15) is 0 Å². The number of carbonyl (C=O) groups is 1. The van der Waals surface area contributed by atoms with Gasteiger partial charge in [0.05, 0.1) is 7.11 Å². The largest absolute Gasteiger partial charge is 0.465 e. The van der Waals surface area contributed by atoms with Crippen molar-refractivity contribution in [2.45, 2.75) is 0 Å². The molecule has 1 aliphatic carbocycles. The summed E-state index contributed by atoms with van der Waals surface area (Å²) in [6.07, 6.45) is 8.77. The van der Waals surface area contributed by atoms with Crippen LogP contribution in [-0.4, -0.2) is 13.1 Å². The van der Waals surface area contributed by atoms with Gasteiger partial charge in [-0.2, -0.15) is 5.26 Å². The molecule has 1 fully saturated rings. The molecule has 0 amide bonds. The molecule has 0 unspecified atom stereocenters. The smallest absolute Gasteiger partial charge is 0.348 e. The molecule has 0 aromatic heterocycles.